The maximum Gasteiger partial charge on any atom is 0.295 e. The van der Waals surface area contributed by atoms with Gasteiger partial charge in [-0.2, -0.15) is 4.98 Å². The fourth-order valence-electron chi connectivity index (χ4n) is 3.19. The van der Waals surface area contributed by atoms with Gasteiger partial charge in [0.2, 0.25) is 11.7 Å². The number of allylic oxidation sites excluding steroid dienone is 2. The zero-order chi connectivity index (χ0) is 19.5. The van der Waals surface area contributed by atoms with Crippen molar-refractivity contribution in [2.45, 2.75) is 26.2 Å². The second kappa shape index (κ2) is 7.59. The molecule has 142 valence electrons. The van der Waals surface area contributed by atoms with E-state index in [1.807, 2.05) is 6.92 Å². The Bertz CT molecular complexity index is 1070. The molecule has 8 nitrogen and oxygen atoms in total. The molecule has 2 heterocycles. The summed E-state index contributed by atoms with van der Waals surface area (Å²) in [5.74, 6) is 0.101. The summed E-state index contributed by atoms with van der Waals surface area (Å²) in [6.07, 6.45) is 8.25. The van der Waals surface area contributed by atoms with E-state index in [-0.39, 0.29) is 17.6 Å². The Hall–Kier alpha value is -3.55. The summed E-state index contributed by atoms with van der Waals surface area (Å²) in [7, 11) is 0. The van der Waals surface area contributed by atoms with Crippen molar-refractivity contribution in [2.75, 3.05) is 10.6 Å². The molecule has 0 spiro atoms. The number of benzene rings is 1. The third-order valence-electron chi connectivity index (χ3n) is 4.64. The van der Waals surface area contributed by atoms with E-state index >= 15 is 0 Å². The Morgan fingerprint density at radius 3 is 2.68 bits per heavy atom. The van der Waals surface area contributed by atoms with Crippen LogP contribution in [-0.2, 0) is 4.79 Å². The Balaban J connectivity index is 1.49. The number of amides is 2. The molecule has 0 saturated heterocycles. The minimum absolute atomic E-state index is 0.0130. The van der Waals surface area contributed by atoms with Gasteiger partial charge in [0.1, 0.15) is 0 Å². The fraction of sp³-hybridized carbons (Fsp3) is 0.250. The normalized spacial score (nSPS) is 15.7. The number of hydrogen-bond donors (Lipinski definition) is 2. The van der Waals surface area contributed by atoms with Crippen molar-refractivity contribution in [3.8, 4) is 0 Å². The molecule has 0 aliphatic heterocycles. The predicted octanol–water partition coefficient (Wildman–Crippen LogP) is 2.98. The van der Waals surface area contributed by atoms with Gasteiger partial charge in [0.05, 0.1) is 11.4 Å². The number of rotatable bonds is 5. The van der Waals surface area contributed by atoms with Crippen LogP contribution in [0.4, 0.5) is 11.4 Å². The van der Waals surface area contributed by atoms with Crippen molar-refractivity contribution in [3.05, 3.63) is 60.2 Å². The number of nitrogens with one attached hydrogen (secondary N) is 2. The van der Waals surface area contributed by atoms with Crippen LogP contribution in [0.5, 0.6) is 0 Å². The first-order valence-corrected chi connectivity index (χ1v) is 9.15. The number of aryl methyl sites for hydroxylation is 1. The summed E-state index contributed by atoms with van der Waals surface area (Å²) >= 11 is 0. The summed E-state index contributed by atoms with van der Waals surface area (Å²) in [6.45, 7) is 1.86. The van der Waals surface area contributed by atoms with Crippen LogP contribution in [0.15, 0.2) is 48.7 Å². The average molecular weight is 376 g/mol. The predicted molar refractivity (Wildman–Crippen MR) is 105 cm³/mol. The molecule has 2 amide bonds. The van der Waals surface area contributed by atoms with Crippen LogP contribution < -0.4 is 10.6 Å². The van der Waals surface area contributed by atoms with Crippen LogP contribution in [0.25, 0.3) is 5.78 Å². The maximum atomic E-state index is 12.6. The number of carbonyl (C=O) groups excluding carboxylic acids is 2. The number of fused-ring (bicyclic) bond motifs is 1. The number of anilines is 2. The number of aromatic nitrogens is 4. The van der Waals surface area contributed by atoms with Gasteiger partial charge in [-0.3, -0.25) is 9.59 Å². The smallest absolute Gasteiger partial charge is 0.295 e. The Kier molecular flexibility index (Phi) is 4.84. The van der Waals surface area contributed by atoms with Crippen molar-refractivity contribution < 1.29 is 9.59 Å². The van der Waals surface area contributed by atoms with E-state index in [0.717, 1.165) is 18.5 Å². The summed E-state index contributed by atoms with van der Waals surface area (Å²) in [4.78, 5) is 33.2. The van der Waals surface area contributed by atoms with E-state index in [9.17, 15) is 9.59 Å². The van der Waals surface area contributed by atoms with Crippen molar-refractivity contribution in [2.24, 2.45) is 5.92 Å². The van der Waals surface area contributed by atoms with E-state index in [0.29, 0.717) is 23.6 Å². The molecule has 2 aromatic heterocycles. The Morgan fingerprint density at radius 2 is 1.96 bits per heavy atom. The summed E-state index contributed by atoms with van der Waals surface area (Å²) in [6, 6.07) is 8.85. The lowest BCUT2D eigenvalue weighted by Gasteiger charge is -2.13. The highest BCUT2D eigenvalue weighted by molar-refractivity contribution is 6.05. The maximum absolute atomic E-state index is 12.6. The molecule has 1 unspecified atom stereocenters. The van der Waals surface area contributed by atoms with E-state index in [4.69, 9.17) is 0 Å². The van der Waals surface area contributed by atoms with E-state index in [1.165, 1.54) is 4.52 Å². The van der Waals surface area contributed by atoms with Gasteiger partial charge in [-0.1, -0.05) is 24.3 Å². The highest BCUT2D eigenvalue weighted by atomic mass is 16.2. The quantitative estimate of drug-likeness (QED) is 0.667. The van der Waals surface area contributed by atoms with Gasteiger partial charge in [0.15, 0.2) is 0 Å². The van der Waals surface area contributed by atoms with Gasteiger partial charge in [0.25, 0.3) is 11.7 Å². The lowest BCUT2D eigenvalue weighted by atomic mass is 10.0. The highest BCUT2D eigenvalue weighted by Crippen LogP contribution is 2.24. The Morgan fingerprint density at radius 1 is 1.18 bits per heavy atom. The van der Waals surface area contributed by atoms with Gasteiger partial charge in [-0.15, -0.1) is 5.10 Å². The minimum Gasteiger partial charge on any atom is -0.324 e. The molecule has 0 fully saturated rings. The van der Waals surface area contributed by atoms with E-state index in [1.54, 1.807) is 36.5 Å². The third-order valence-corrected chi connectivity index (χ3v) is 4.64. The van der Waals surface area contributed by atoms with Crippen LogP contribution >= 0.6 is 0 Å². The van der Waals surface area contributed by atoms with Crippen LogP contribution in [0.2, 0.25) is 0 Å². The standard InChI is InChI=1S/C20H20N6O2/c1-13-10-11-21-20-24-18(25-26(13)20)19(28)23-16-9-5-4-8-15(16)22-17(27)12-14-6-2-3-7-14/h2,4-6,8-11,14H,3,7,12H2,1H3,(H,22,27)(H,23,28). The van der Waals surface area contributed by atoms with Gasteiger partial charge in [0, 0.05) is 18.3 Å². The highest BCUT2D eigenvalue weighted by Gasteiger charge is 2.18. The molecule has 4 rings (SSSR count). The van der Waals surface area contributed by atoms with Crippen molar-refractivity contribution in [1.82, 2.24) is 19.6 Å². The first-order valence-electron chi connectivity index (χ1n) is 9.15. The second-order valence-electron chi connectivity index (χ2n) is 6.75. The van der Waals surface area contributed by atoms with Crippen molar-refractivity contribution >= 4 is 29.0 Å². The average Bonchev–Trinajstić information content (AvgIpc) is 3.33. The van der Waals surface area contributed by atoms with Gasteiger partial charge < -0.3 is 10.6 Å². The molecule has 0 saturated carbocycles. The number of hydrogen-bond acceptors (Lipinski definition) is 5. The summed E-state index contributed by atoms with van der Waals surface area (Å²) < 4.78 is 1.51. The molecular formula is C20H20N6O2. The van der Waals surface area contributed by atoms with Crippen LogP contribution in [0.3, 0.4) is 0 Å². The molecule has 1 aliphatic rings. The van der Waals surface area contributed by atoms with Gasteiger partial charge in [-0.25, -0.2) is 9.50 Å². The number of carbonyl (C=O) groups is 2. The van der Waals surface area contributed by atoms with Gasteiger partial charge in [-0.05, 0) is 43.9 Å². The largest absolute Gasteiger partial charge is 0.324 e. The van der Waals surface area contributed by atoms with Crippen molar-refractivity contribution in [1.29, 1.82) is 0 Å². The monoisotopic (exact) mass is 376 g/mol. The summed E-state index contributed by atoms with van der Waals surface area (Å²) in [5, 5.41) is 9.86. The molecule has 8 heteroatoms. The van der Waals surface area contributed by atoms with E-state index in [2.05, 4.69) is 37.9 Å². The molecule has 3 aromatic rings. The SMILES string of the molecule is Cc1ccnc2nc(C(=O)Nc3ccccc3NC(=O)CC3C=CCC3)nn12. The zero-order valence-electron chi connectivity index (χ0n) is 15.4. The molecule has 1 aromatic carbocycles. The lowest BCUT2D eigenvalue weighted by Crippen LogP contribution is -2.18. The van der Waals surface area contributed by atoms with Gasteiger partial charge >= 0.3 is 0 Å². The molecule has 2 N–H and O–H groups in total. The van der Waals surface area contributed by atoms with Crippen LogP contribution in [0, 0.1) is 12.8 Å². The van der Waals surface area contributed by atoms with Crippen LogP contribution in [-0.4, -0.2) is 31.4 Å². The first-order chi connectivity index (χ1) is 13.6. The first kappa shape index (κ1) is 17.8. The molecule has 28 heavy (non-hydrogen) atoms. The molecule has 1 atom stereocenters. The minimum atomic E-state index is -0.467. The molecular weight excluding hydrogens is 356 g/mol. The topological polar surface area (TPSA) is 101 Å². The third kappa shape index (κ3) is 3.75. The number of nitrogens with zero attached hydrogens (tertiary/aromatic N) is 4. The Labute approximate surface area is 161 Å². The van der Waals surface area contributed by atoms with Crippen molar-refractivity contribution in [3.63, 3.8) is 0 Å². The van der Waals surface area contributed by atoms with Crippen LogP contribution in [0.1, 0.15) is 35.6 Å². The summed E-state index contributed by atoms with van der Waals surface area (Å²) in [5.41, 5.74) is 1.86. The number of para-hydroxylation sites is 2. The second-order valence-corrected chi connectivity index (χ2v) is 6.75. The molecule has 1 aliphatic carbocycles. The fourth-order valence-corrected chi connectivity index (χ4v) is 3.19. The molecule has 0 radical (unpaired) electrons. The molecule has 0 bridgehead atoms. The lowest BCUT2D eigenvalue weighted by molar-refractivity contribution is -0.116. The zero-order valence-corrected chi connectivity index (χ0v) is 15.4. The van der Waals surface area contributed by atoms with E-state index < -0.39 is 5.91 Å².